The van der Waals surface area contributed by atoms with Gasteiger partial charge >= 0.3 is 0 Å². The Kier molecular flexibility index (Phi) is 4.84. The number of nitrogens with zero attached hydrogens (tertiary/aromatic N) is 1. The summed E-state index contributed by atoms with van der Waals surface area (Å²) in [4.78, 5) is 0. The Hall–Kier alpha value is -1.50. The second-order valence-electron chi connectivity index (χ2n) is 4.05. The molecule has 0 spiro atoms. The van der Waals surface area contributed by atoms with Crippen molar-refractivity contribution in [3.05, 3.63) is 70.0 Å². The van der Waals surface area contributed by atoms with E-state index < -0.39 is 5.82 Å². The Balaban J connectivity index is 1.92. The molecule has 0 saturated carbocycles. The SMILES string of the molecule is N#Cc1cc(CSCc2ccc(Cl)cc2)ccc1F. The molecule has 0 radical (unpaired) electrons. The van der Waals surface area contributed by atoms with Gasteiger partial charge < -0.3 is 0 Å². The summed E-state index contributed by atoms with van der Waals surface area (Å²) in [6, 6.07) is 14.2. The molecule has 0 amide bonds. The molecule has 0 aliphatic carbocycles. The first-order valence-electron chi connectivity index (χ1n) is 5.70. The Morgan fingerprint density at radius 1 is 1.05 bits per heavy atom. The van der Waals surface area contributed by atoms with E-state index in [4.69, 9.17) is 16.9 Å². The van der Waals surface area contributed by atoms with E-state index in [1.165, 1.54) is 11.6 Å². The van der Waals surface area contributed by atoms with Crippen LogP contribution in [0.1, 0.15) is 16.7 Å². The molecule has 0 aliphatic heterocycles. The Morgan fingerprint density at radius 2 is 1.68 bits per heavy atom. The Labute approximate surface area is 121 Å². The fourth-order valence-corrected chi connectivity index (χ4v) is 2.69. The van der Waals surface area contributed by atoms with E-state index in [9.17, 15) is 4.39 Å². The lowest BCUT2D eigenvalue weighted by Gasteiger charge is -2.03. The first kappa shape index (κ1) is 13.9. The second kappa shape index (κ2) is 6.60. The lowest BCUT2D eigenvalue weighted by Crippen LogP contribution is -1.88. The van der Waals surface area contributed by atoms with Crippen molar-refractivity contribution in [2.24, 2.45) is 0 Å². The molecule has 4 heteroatoms. The fourth-order valence-electron chi connectivity index (χ4n) is 1.62. The molecule has 0 N–H and O–H groups in total. The topological polar surface area (TPSA) is 23.8 Å². The summed E-state index contributed by atoms with van der Waals surface area (Å²) in [7, 11) is 0. The zero-order valence-corrected chi connectivity index (χ0v) is 11.6. The van der Waals surface area contributed by atoms with Crippen LogP contribution in [-0.2, 0) is 11.5 Å². The first-order chi connectivity index (χ1) is 9.19. The summed E-state index contributed by atoms with van der Waals surface area (Å²) < 4.78 is 13.2. The van der Waals surface area contributed by atoms with Crippen LogP contribution in [0.15, 0.2) is 42.5 Å². The summed E-state index contributed by atoms with van der Waals surface area (Å²) in [5.74, 6) is 1.14. The van der Waals surface area contributed by atoms with Crippen LogP contribution in [0.3, 0.4) is 0 Å². The third-order valence-corrected chi connectivity index (χ3v) is 3.93. The number of hydrogen-bond donors (Lipinski definition) is 0. The highest BCUT2D eigenvalue weighted by atomic mass is 35.5. The van der Waals surface area contributed by atoms with Crippen LogP contribution in [0.4, 0.5) is 4.39 Å². The maximum atomic E-state index is 13.2. The largest absolute Gasteiger partial charge is 0.206 e. The van der Waals surface area contributed by atoms with E-state index in [1.54, 1.807) is 23.9 Å². The molecule has 0 saturated heterocycles. The van der Waals surface area contributed by atoms with Gasteiger partial charge in [0.1, 0.15) is 11.9 Å². The van der Waals surface area contributed by atoms with Gasteiger partial charge in [-0.05, 0) is 35.4 Å². The molecule has 2 aromatic rings. The summed E-state index contributed by atoms with van der Waals surface area (Å²) in [6.45, 7) is 0. The van der Waals surface area contributed by atoms with Gasteiger partial charge in [0.15, 0.2) is 0 Å². The van der Waals surface area contributed by atoms with Crippen molar-refractivity contribution >= 4 is 23.4 Å². The van der Waals surface area contributed by atoms with Gasteiger partial charge in [0, 0.05) is 16.5 Å². The minimum Gasteiger partial charge on any atom is -0.206 e. The number of rotatable bonds is 4. The van der Waals surface area contributed by atoms with Crippen LogP contribution in [0.25, 0.3) is 0 Å². The predicted molar refractivity (Wildman–Crippen MR) is 77.6 cm³/mol. The van der Waals surface area contributed by atoms with Crippen LogP contribution in [0.2, 0.25) is 5.02 Å². The van der Waals surface area contributed by atoms with E-state index >= 15 is 0 Å². The van der Waals surface area contributed by atoms with Crippen molar-refractivity contribution in [2.75, 3.05) is 0 Å². The molecule has 19 heavy (non-hydrogen) atoms. The molecule has 1 nitrogen and oxygen atoms in total. The Bertz CT molecular complexity index is 605. The maximum Gasteiger partial charge on any atom is 0.140 e. The van der Waals surface area contributed by atoms with E-state index in [-0.39, 0.29) is 5.56 Å². The minimum absolute atomic E-state index is 0.101. The van der Waals surface area contributed by atoms with E-state index in [1.807, 2.05) is 30.3 Å². The summed E-state index contributed by atoms with van der Waals surface area (Å²) >= 11 is 7.53. The standard InChI is InChI=1S/C15H11ClFNS/c16-14-4-1-11(2-5-14)9-19-10-12-3-6-15(17)13(7-12)8-18/h1-7H,9-10H2. The van der Waals surface area contributed by atoms with Crippen molar-refractivity contribution < 1.29 is 4.39 Å². The highest BCUT2D eigenvalue weighted by Crippen LogP contribution is 2.20. The van der Waals surface area contributed by atoms with Crippen LogP contribution < -0.4 is 0 Å². The van der Waals surface area contributed by atoms with Crippen molar-refractivity contribution in [3.8, 4) is 6.07 Å². The molecule has 0 atom stereocenters. The normalized spacial score (nSPS) is 10.2. The average molecular weight is 292 g/mol. The smallest absolute Gasteiger partial charge is 0.140 e. The van der Waals surface area contributed by atoms with Crippen LogP contribution in [0, 0.1) is 17.1 Å². The van der Waals surface area contributed by atoms with E-state index in [2.05, 4.69) is 0 Å². The minimum atomic E-state index is -0.464. The number of nitriles is 1. The predicted octanol–water partition coefficient (Wildman–Crippen LogP) is 4.78. The van der Waals surface area contributed by atoms with E-state index in [0.29, 0.717) is 0 Å². The molecule has 0 aromatic heterocycles. The molecule has 0 unspecified atom stereocenters. The summed E-state index contributed by atoms with van der Waals surface area (Å²) in [5.41, 5.74) is 2.25. The van der Waals surface area contributed by atoms with Gasteiger partial charge in [-0.2, -0.15) is 17.0 Å². The van der Waals surface area contributed by atoms with Crippen molar-refractivity contribution in [2.45, 2.75) is 11.5 Å². The highest BCUT2D eigenvalue weighted by Gasteiger charge is 2.03. The molecule has 0 aliphatic rings. The lowest BCUT2D eigenvalue weighted by atomic mass is 10.1. The quantitative estimate of drug-likeness (QED) is 0.809. The molecule has 2 rings (SSSR count). The van der Waals surface area contributed by atoms with Gasteiger partial charge in [-0.25, -0.2) is 4.39 Å². The van der Waals surface area contributed by atoms with Crippen LogP contribution >= 0.6 is 23.4 Å². The zero-order chi connectivity index (χ0) is 13.7. The van der Waals surface area contributed by atoms with Gasteiger partial charge in [0.2, 0.25) is 0 Å². The van der Waals surface area contributed by atoms with Gasteiger partial charge in [-0.3, -0.25) is 0 Å². The van der Waals surface area contributed by atoms with Gasteiger partial charge in [-0.15, -0.1) is 0 Å². The molecular formula is C15H11ClFNS. The third-order valence-electron chi connectivity index (χ3n) is 2.60. The Morgan fingerprint density at radius 3 is 2.37 bits per heavy atom. The van der Waals surface area contributed by atoms with Gasteiger partial charge in [-0.1, -0.05) is 29.8 Å². The fraction of sp³-hybridized carbons (Fsp3) is 0.133. The van der Waals surface area contributed by atoms with Crippen LogP contribution in [0.5, 0.6) is 0 Å². The molecule has 0 fully saturated rings. The molecular weight excluding hydrogens is 281 g/mol. The van der Waals surface area contributed by atoms with Gasteiger partial charge in [0.05, 0.1) is 5.56 Å². The molecule has 0 heterocycles. The molecule has 96 valence electrons. The number of thioether (sulfide) groups is 1. The number of benzene rings is 2. The zero-order valence-electron chi connectivity index (χ0n) is 10.1. The van der Waals surface area contributed by atoms with Crippen molar-refractivity contribution in [1.29, 1.82) is 5.26 Å². The average Bonchev–Trinajstić information content (AvgIpc) is 2.43. The third kappa shape index (κ3) is 3.99. The molecule has 0 bridgehead atoms. The van der Waals surface area contributed by atoms with Crippen molar-refractivity contribution in [1.82, 2.24) is 0 Å². The highest BCUT2D eigenvalue weighted by molar-refractivity contribution is 7.97. The first-order valence-corrected chi connectivity index (χ1v) is 7.23. The van der Waals surface area contributed by atoms with Gasteiger partial charge in [0.25, 0.3) is 0 Å². The van der Waals surface area contributed by atoms with Crippen LogP contribution in [-0.4, -0.2) is 0 Å². The number of hydrogen-bond acceptors (Lipinski definition) is 2. The maximum absolute atomic E-state index is 13.2. The second-order valence-corrected chi connectivity index (χ2v) is 5.47. The summed E-state index contributed by atoms with van der Waals surface area (Å²) in [5, 5.41) is 9.49. The van der Waals surface area contributed by atoms with Crippen molar-refractivity contribution in [3.63, 3.8) is 0 Å². The molecule has 2 aromatic carbocycles. The number of halogens is 2. The lowest BCUT2D eigenvalue weighted by molar-refractivity contribution is 0.623. The summed E-state index contributed by atoms with van der Waals surface area (Å²) in [6.07, 6.45) is 0. The van der Waals surface area contributed by atoms with E-state index in [0.717, 1.165) is 22.1 Å². The monoisotopic (exact) mass is 291 g/mol.